The van der Waals surface area contributed by atoms with Crippen LogP contribution >= 0.6 is 0 Å². The van der Waals surface area contributed by atoms with Gasteiger partial charge in [-0.2, -0.15) is 4.98 Å². The second-order valence-corrected chi connectivity index (χ2v) is 6.09. The molecule has 1 aliphatic rings. The maximum atomic E-state index is 13.3. The van der Waals surface area contributed by atoms with Gasteiger partial charge in [-0.15, -0.1) is 0 Å². The number of aromatic nitrogens is 2. The normalized spacial score (nSPS) is 17.5. The molecule has 2 heterocycles. The van der Waals surface area contributed by atoms with Crippen molar-refractivity contribution in [2.75, 3.05) is 13.1 Å². The number of aryl methyl sites for hydroxylation is 2. The number of benzene rings is 1. The van der Waals surface area contributed by atoms with Crippen LogP contribution in [0.25, 0.3) is 11.4 Å². The summed E-state index contributed by atoms with van der Waals surface area (Å²) in [6.07, 6.45) is 2.68. The van der Waals surface area contributed by atoms with E-state index in [0.29, 0.717) is 42.2 Å². The molecular formula is C17H21FN4O2. The number of amides is 1. The zero-order chi connectivity index (χ0) is 17.1. The Hall–Kier alpha value is -2.28. The van der Waals surface area contributed by atoms with Crippen LogP contribution in [0, 0.1) is 12.7 Å². The SMILES string of the molecule is Cc1cc(-c2noc(CCC(=O)N3CCCC3CN)n2)ccc1F. The summed E-state index contributed by atoms with van der Waals surface area (Å²) in [5.74, 6) is 0.610. The molecule has 2 N–H and O–H groups in total. The molecule has 1 amide bonds. The largest absolute Gasteiger partial charge is 0.339 e. The van der Waals surface area contributed by atoms with Gasteiger partial charge in [-0.05, 0) is 43.5 Å². The molecule has 128 valence electrons. The van der Waals surface area contributed by atoms with Crippen LogP contribution in [0.3, 0.4) is 0 Å². The van der Waals surface area contributed by atoms with Gasteiger partial charge in [0.15, 0.2) is 0 Å². The van der Waals surface area contributed by atoms with Gasteiger partial charge in [0.1, 0.15) is 5.82 Å². The summed E-state index contributed by atoms with van der Waals surface area (Å²) in [6.45, 7) is 2.95. The van der Waals surface area contributed by atoms with Gasteiger partial charge >= 0.3 is 0 Å². The zero-order valence-corrected chi connectivity index (χ0v) is 13.7. The first-order valence-electron chi connectivity index (χ1n) is 8.17. The summed E-state index contributed by atoms with van der Waals surface area (Å²) < 4.78 is 18.5. The third kappa shape index (κ3) is 3.46. The van der Waals surface area contributed by atoms with Gasteiger partial charge in [0.2, 0.25) is 17.6 Å². The lowest BCUT2D eigenvalue weighted by atomic mass is 10.1. The van der Waals surface area contributed by atoms with Crippen molar-refractivity contribution in [1.82, 2.24) is 15.0 Å². The average Bonchev–Trinajstić information content (AvgIpc) is 3.24. The number of likely N-dealkylation sites (tertiary alicyclic amines) is 1. The molecule has 0 bridgehead atoms. The molecule has 1 fully saturated rings. The lowest BCUT2D eigenvalue weighted by Crippen LogP contribution is -2.40. The van der Waals surface area contributed by atoms with Gasteiger partial charge in [0.25, 0.3) is 0 Å². The summed E-state index contributed by atoms with van der Waals surface area (Å²) in [5.41, 5.74) is 6.91. The fraction of sp³-hybridized carbons (Fsp3) is 0.471. The second-order valence-electron chi connectivity index (χ2n) is 6.09. The first kappa shape index (κ1) is 16.6. The Morgan fingerprint density at radius 1 is 1.50 bits per heavy atom. The minimum atomic E-state index is -0.270. The first-order valence-corrected chi connectivity index (χ1v) is 8.17. The lowest BCUT2D eigenvalue weighted by Gasteiger charge is -2.23. The minimum Gasteiger partial charge on any atom is -0.339 e. The van der Waals surface area contributed by atoms with Crippen LogP contribution in [0.4, 0.5) is 4.39 Å². The second kappa shape index (κ2) is 7.09. The number of hydrogen-bond donors (Lipinski definition) is 1. The van der Waals surface area contributed by atoms with Crippen molar-refractivity contribution < 1.29 is 13.7 Å². The first-order chi connectivity index (χ1) is 11.6. The van der Waals surface area contributed by atoms with Crippen LogP contribution in [-0.2, 0) is 11.2 Å². The van der Waals surface area contributed by atoms with Gasteiger partial charge in [-0.3, -0.25) is 4.79 Å². The molecule has 0 aliphatic carbocycles. The maximum absolute atomic E-state index is 13.3. The van der Waals surface area contributed by atoms with Crippen molar-refractivity contribution in [2.24, 2.45) is 5.73 Å². The van der Waals surface area contributed by atoms with Gasteiger partial charge < -0.3 is 15.2 Å². The molecule has 1 atom stereocenters. The predicted molar refractivity (Wildman–Crippen MR) is 86.5 cm³/mol. The van der Waals surface area contributed by atoms with E-state index in [-0.39, 0.29) is 17.8 Å². The van der Waals surface area contributed by atoms with E-state index in [1.807, 2.05) is 4.90 Å². The molecule has 1 aliphatic heterocycles. The van der Waals surface area contributed by atoms with Crippen LogP contribution in [0.1, 0.15) is 30.7 Å². The van der Waals surface area contributed by atoms with Crippen LogP contribution in [0.15, 0.2) is 22.7 Å². The summed E-state index contributed by atoms with van der Waals surface area (Å²) in [7, 11) is 0. The van der Waals surface area contributed by atoms with E-state index in [0.717, 1.165) is 19.4 Å². The van der Waals surface area contributed by atoms with Crippen molar-refractivity contribution in [1.29, 1.82) is 0 Å². The predicted octanol–water partition coefficient (Wildman–Crippen LogP) is 2.07. The number of carbonyl (C=O) groups is 1. The Labute approximate surface area is 139 Å². The van der Waals surface area contributed by atoms with Crippen molar-refractivity contribution in [3.8, 4) is 11.4 Å². The molecule has 0 radical (unpaired) electrons. The molecule has 1 aromatic heterocycles. The summed E-state index contributed by atoms with van der Waals surface area (Å²) in [4.78, 5) is 18.4. The van der Waals surface area contributed by atoms with E-state index in [2.05, 4.69) is 10.1 Å². The minimum absolute atomic E-state index is 0.0697. The van der Waals surface area contributed by atoms with Crippen LogP contribution in [0.5, 0.6) is 0 Å². The molecule has 0 spiro atoms. The molecule has 6 nitrogen and oxygen atoms in total. The average molecular weight is 332 g/mol. The third-order valence-corrected chi connectivity index (χ3v) is 4.41. The molecule has 2 aromatic rings. The molecule has 1 saturated heterocycles. The quantitative estimate of drug-likeness (QED) is 0.906. The van der Waals surface area contributed by atoms with Gasteiger partial charge in [0, 0.05) is 37.5 Å². The summed E-state index contributed by atoms with van der Waals surface area (Å²) in [6, 6.07) is 4.81. The third-order valence-electron chi connectivity index (χ3n) is 4.41. The Balaban J connectivity index is 1.62. The van der Waals surface area contributed by atoms with Crippen LogP contribution < -0.4 is 5.73 Å². The lowest BCUT2D eigenvalue weighted by molar-refractivity contribution is -0.131. The van der Waals surface area contributed by atoms with E-state index in [9.17, 15) is 9.18 Å². The molecule has 3 rings (SSSR count). The Bertz CT molecular complexity index is 731. The van der Waals surface area contributed by atoms with Crippen molar-refractivity contribution in [3.63, 3.8) is 0 Å². The number of nitrogens with two attached hydrogens (primary N) is 1. The maximum Gasteiger partial charge on any atom is 0.227 e. The van der Waals surface area contributed by atoms with E-state index >= 15 is 0 Å². The van der Waals surface area contributed by atoms with Crippen LogP contribution in [0.2, 0.25) is 0 Å². The fourth-order valence-electron chi connectivity index (χ4n) is 3.02. The molecule has 1 unspecified atom stereocenters. The topological polar surface area (TPSA) is 85.2 Å². The number of rotatable bonds is 5. The van der Waals surface area contributed by atoms with Crippen molar-refractivity contribution >= 4 is 5.91 Å². The molecule has 7 heteroatoms. The molecular weight excluding hydrogens is 311 g/mol. The Kier molecular flexibility index (Phi) is 4.89. The smallest absolute Gasteiger partial charge is 0.227 e. The van der Waals surface area contributed by atoms with E-state index in [1.165, 1.54) is 6.07 Å². The van der Waals surface area contributed by atoms with E-state index in [4.69, 9.17) is 10.3 Å². The number of halogens is 1. The number of hydrogen-bond acceptors (Lipinski definition) is 5. The number of nitrogens with zero attached hydrogens (tertiary/aromatic N) is 3. The van der Waals surface area contributed by atoms with Crippen molar-refractivity contribution in [3.05, 3.63) is 35.5 Å². The highest BCUT2D eigenvalue weighted by Gasteiger charge is 2.27. The number of carbonyl (C=O) groups excluding carboxylic acids is 1. The van der Waals surface area contributed by atoms with Crippen molar-refractivity contribution in [2.45, 2.75) is 38.6 Å². The van der Waals surface area contributed by atoms with E-state index < -0.39 is 0 Å². The van der Waals surface area contributed by atoms with E-state index in [1.54, 1.807) is 19.1 Å². The monoisotopic (exact) mass is 332 g/mol. The fourth-order valence-corrected chi connectivity index (χ4v) is 3.02. The highest BCUT2D eigenvalue weighted by atomic mass is 19.1. The van der Waals surface area contributed by atoms with Gasteiger partial charge in [-0.1, -0.05) is 5.16 Å². The molecule has 1 aromatic carbocycles. The van der Waals surface area contributed by atoms with Gasteiger partial charge in [0.05, 0.1) is 0 Å². The highest BCUT2D eigenvalue weighted by molar-refractivity contribution is 5.77. The zero-order valence-electron chi connectivity index (χ0n) is 13.7. The molecule has 0 saturated carbocycles. The summed E-state index contributed by atoms with van der Waals surface area (Å²) >= 11 is 0. The highest BCUT2D eigenvalue weighted by Crippen LogP contribution is 2.20. The Morgan fingerprint density at radius 3 is 3.08 bits per heavy atom. The van der Waals surface area contributed by atoms with Crippen LogP contribution in [-0.4, -0.2) is 40.1 Å². The standard InChI is InChI=1S/C17H21FN4O2/c1-11-9-12(4-5-14(11)18)17-20-15(24-21-17)6-7-16(23)22-8-2-3-13(22)10-19/h4-5,9,13H,2-3,6-8,10,19H2,1H3. The summed E-state index contributed by atoms with van der Waals surface area (Å²) in [5, 5.41) is 3.91. The van der Waals surface area contributed by atoms with Gasteiger partial charge in [-0.25, -0.2) is 4.39 Å². The Morgan fingerprint density at radius 2 is 2.33 bits per heavy atom. The molecule has 24 heavy (non-hydrogen) atoms.